The zero-order valence-electron chi connectivity index (χ0n) is 9.69. The third-order valence-corrected chi connectivity index (χ3v) is 2.64. The fraction of sp³-hybridized carbons (Fsp3) is 0.333. The second-order valence-electron chi connectivity index (χ2n) is 3.78. The van der Waals surface area contributed by atoms with Crippen LogP contribution in [-0.2, 0) is 0 Å². The summed E-state index contributed by atoms with van der Waals surface area (Å²) in [4.78, 5) is 12.2. The fourth-order valence-electron chi connectivity index (χ4n) is 1.43. The number of phenolic OH excluding ortho intramolecular Hbond substituents is 1. The molecule has 1 aromatic rings. The first kappa shape index (κ1) is 13.4. The molecule has 0 unspecified atom stereocenters. The number of rotatable bonds is 5. The Morgan fingerprint density at radius 3 is 2.88 bits per heavy atom. The van der Waals surface area contributed by atoms with Gasteiger partial charge in [-0.1, -0.05) is 18.3 Å². The average Bonchev–Trinajstić information content (AvgIpc) is 2.27. The van der Waals surface area contributed by atoms with Gasteiger partial charge in [0.25, 0.3) is 5.91 Å². The van der Waals surface area contributed by atoms with E-state index in [0.717, 1.165) is 6.42 Å². The molecule has 0 atom stereocenters. The maximum Gasteiger partial charge on any atom is 0.251 e. The summed E-state index contributed by atoms with van der Waals surface area (Å²) in [7, 11) is 0. The van der Waals surface area contributed by atoms with Gasteiger partial charge in [0.05, 0.1) is 4.99 Å². The van der Waals surface area contributed by atoms with Gasteiger partial charge in [0.2, 0.25) is 0 Å². The molecule has 0 aliphatic carbocycles. The van der Waals surface area contributed by atoms with Crippen LogP contribution in [0.15, 0.2) is 18.2 Å². The van der Waals surface area contributed by atoms with Crippen molar-refractivity contribution in [3.63, 3.8) is 0 Å². The van der Waals surface area contributed by atoms with Crippen LogP contribution in [0.25, 0.3) is 0 Å². The number of thiocarbonyl (C=S) groups is 1. The predicted octanol–water partition coefficient (Wildman–Crippen LogP) is 1.50. The van der Waals surface area contributed by atoms with Crippen molar-refractivity contribution in [2.24, 2.45) is 5.73 Å². The Hall–Kier alpha value is -1.62. The van der Waals surface area contributed by atoms with Crippen LogP contribution in [0.5, 0.6) is 5.75 Å². The predicted molar refractivity (Wildman–Crippen MR) is 71.2 cm³/mol. The maximum absolute atomic E-state index is 11.8. The molecule has 0 aromatic heterocycles. The van der Waals surface area contributed by atoms with Crippen molar-refractivity contribution < 1.29 is 9.90 Å². The lowest BCUT2D eigenvalue weighted by Crippen LogP contribution is -2.26. The zero-order valence-corrected chi connectivity index (χ0v) is 10.5. The van der Waals surface area contributed by atoms with Gasteiger partial charge >= 0.3 is 0 Å². The van der Waals surface area contributed by atoms with Crippen molar-refractivity contribution in [2.45, 2.75) is 19.8 Å². The Balaban J connectivity index is 2.53. The van der Waals surface area contributed by atoms with E-state index >= 15 is 0 Å². The average molecular weight is 252 g/mol. The summed E-state index contributed by atoms with van der Waals surface area (Å²) in [5.74, 6) is -0.0675. The molecule has 1 aromatic carbocycles. The van der Waals surface area contributed by atoms with E-state index in [1.165, 1.54) is 0 Å². The quantitative estimate of drug-likeness (QED) is 0.548. The molecule has 0 heterocycles. The highest BCUT2D eigenvalue weighted by Gasteiger charge is 2.10. The molecule has 0 saturated heterocycles. The number of carbonyl (C=O) groups is 1. The zero-order chi connectivity index (χ0) is 12.8. The topological polar surface area (TPSA) is 75.3 Å². The second-order valence-corrected chi connectivity index (χ2v) is 4.30. The first-order valence-electron chi connectivity index (χ1n) is 5.37. The van der Waals surface area contributed by atoms with Crippen molar-refractivity contribution in [1.82, 2.24) is 5.32 Å². The number of hydrogen-bond acceptors (Lipinski definition) is 3. The van der Waals surface area contributed by atoms with Gasteiger partial charge in [-0.25, -0.2) is 0 Å². The first-order chi connectivity index (χ1) is 8.02. The van der Waals surface area contributed by atoms with Gasteiger partial charge in [-0.2, -0.15) is 0 Å². The highest BCUT2D eigenvalue weighted by atomic mass is 32.1. The van der Waals surface area contributed by atoms with Crippen LogP contribution >= 0.6 is 12.2 Å². The molecule has 1 amide bonds. The van der Waals surface area contributed by atoms with Gasteiger partial charge in [0.1, 0.15) is 5.75 Å². The Morgan fingerprint density at radius 1 is 1.53 bits per heavy atom. The van der Waals surface area contributed by atoms with Gasteiger partial charge in [0.15, 0.2) is 0 Å². The molecule has 4 nitrogen and oxygen atoms in total. The molecule has 92 valence electrons. The van der Waals surface area contributed by atoms with Gasteiger partial charge in [-0.05, 0) is 31.9 Å². The van der Waals surface area contributed by atoms with Crippen LogP contribution in [0.1, 0.15) is 28.8 Å². The van der Waals surface area contributed by atoms with Crippen LogP contribution < -0.4 is 11.1 Å². The fourth-order valence-corrected chi connectivity index (χ4v) is 1.57. The second kappa shape index (κ2) is 6.20. The third kappa shape index (κ3) is 4.03. The molecule has 0 bridgehead atoms. The minimum Gasteiger partial charge on any atom is -0.508 e. The molecule has 0 spiro atoms. The van der Waals surface area contributed by atoms with E-state index in [2.05, 4.69) is 5.32 Å². The molecule has 5 heteroatoms. The van der Waals surface area contributed by atoms with E-state index in [-0.39, 0.29) is 11.7 Å². The highest BCUT2D eigenvalue weighted by molar-refractivity contribution is 7.80. The van der Waals surface area contributed by atoms with E-state index in [1.54, 1.807) is 25.1 Å². The molecule has 0 fully saturated rings. The monoisotopic (exact) mass is 252 g/mol. The summed E-state index contributed by atoms with van der Waals surface area (Å²) in [6.45, 7) is 2.23. The van der Waals surface area contributed by atoms with Gasteiger partial charge < -0.3 is 16.2 Å². The SMILES string of the molecule is Cc1c(O)cccc1C(=O)NCCCC(N)=S. The van der Waals surface area contributed by atoms with Crippen molar-refractivity contribution in [1.29, 1.82) is 0 Å². The first-order valence-corrected chi connectivity index (χ1v) is 5.78. The van der Waals surface area contributed by atoms with E-state index in [0.29, 0.717) is 29.1 Å². The van der Waals surface area contributed by atoms with Crippen molar-refractivity contribution in [3.8, 4) is 5.75 Å². The molecule has 1 rings (SSSR count). The lowest BCUT2D eigenvalue weighted by Gasteiger charge is -2.08. The van der Waals surface area contributed by atoms with E-state index < -0.39 is 0 Å². The summed E-state index contributed by atoms with van der Waals surface area (Å²) >= 11 is 4.74. The normalized spacial score (nSPS) is 9.94. The Labute approximate surface area is 106 Å². The Kier molecular flexibility index (Phi) is 4.90. The van der Waals surface area contributed by atoms with E-state index in [4.69, 9.17) is 18.0 Å². The van der Waals surface area contributed by atoms with Crippen molar-refractivity contribution in [2.75, 3.05) is 6.54 Å². The summed E-state index contributed by atoms with van der Waals surface area (Å²) in [6, 6.07) is 4.88. The number of carbonyl (C=O) groups excluding carboxylic acids is 1. The number of nitrogens with one attached hydrogen (secondary N) is 1. The molecule has 0 aliphatic heterocycles. The molecular formula is C12H16N2O2S. The molecular weight excluding hydrogens is 236 g/mol. The summed E-state index contributed by atoms with van der Waals surface area (Å²) < 4.78 is 0. The molecule has 17 heavy (non-hydrogen) atoms. The highest BCUT2D eigenvalue weighted by Crippen LogP contribution is 2.19. The summed E-state index contributed by atoms with van der Waals surface area (Å²) in [6.07, 6.45) is 1.34. The number of hydrogen-bond donors (Lipinski definition) is 3. The van der Waals surface area contributed by atoms with E-state index in [1.807, 2.05) is 0 Å². The van der Waals surface area contributed by atoms with Gasteiger partial charge in [-0.15, -0.1) is 0 Å². The molecule has 0 saturated carbocycles. The van der Waals surface area contributed by atoms with Crippen LogP contribution in [0, 0.1) is 6.92 Å². The van der Waals surface area contributed by atoms with Crippen LogP contribution in [0.3, 0.4) is 0 Å². The smallest absolute Gasteiger partial charge is 0.251 e. The Morgan fingerprint density at radius 2 is 2.24 bits per heavy atom. The van der Waals surface area contributed by atoms with Crippen molar-refractivity contribution in [3.05, 3.63) is 29.3 Å². The van der Waals surface area contributed by atoms with Crippen LogP contribution in [0.4, 0.5) is 0 Å². The molecule has 0 aliphatic rings. The lowest BCUT2D eigenvalue weighted by molar-refractivity contribution is 0.0952. The third-order valence-electron chi connectivity index (χ3n) is 2.44. The summed E-state index contributed by atoms with van der Waals surface area (Å²) in [5.41, 5.74) is 6.42. The standard InChI is InChI=1S/C12H16N2O2S/c1-8-9(4-2-5-10(8)15)12(16)14-7-3-6-11(13)17/h2,4-5,15H,3,6-7H2,1H3,(H2,13,17)(H,14,16). The van der Waals surface area contributed by atoms with Crippen LogP contribution in [-0.4, -0.2) is 22.5 Å². The molecule has 0 radical (unpaired) electrons. The number of amides is 1. The molecule has 4 N–H and O–H groups in total. The van der Waals surface area contributed by atoms with Crippen molar-refractivity contribution >= 4 is 23.1 Å². The largest absolute Gasteiger partial charge is 0.508 e. The number of aromatic hydroxyl groups is 1. The number of nitrogens with two attached hydrogens (primary N) is 1. The van der Waals surface area contributed by atoms with Gasteiger partial charge in [-0.3, -0.25) is 4.79 Å². The lowest BCUT2D eigenvalue weighted by atomic mass is 10.1. The number of phenols is 1. The van der Waals surface area contributed by atoms with E-state index in [9.17, 15) is 9.90 Å². The van der Waals surface area contributed by atoms with Gasteiger partial charge in [0, 0.05) is 17.7 Å². The number of benzene rings is 1. The van der Waals surface area contributed by atoms with Crippen LogP contribution in [0.2, 0.25) is 0 Å². The minimum absolute atomic E-state index is 0.126. The Bertz CT molecular complexity index is 433. The maximum atomic E-state index is 11.8. The minimum atomic E-state index is -0.193. The summed E-state index contributed by atoms with van der Waals surface area (Å²) in [5, 5.41) is 12.2.